The number of carbonyl (C=O) groups is 1. The van der Waals surface area contributed by atoms with E-state index in [4.69, 9.17) is 10.5 Å². The van der Waals surface area contributed by atoms with E-state index in [0.29, 0.717) is 23.0 Å². The summed E-state index contributed by atoms with van der Waals surface area (Å²) in [6, 6.07) is 1.93. The van der Waals surface area contributed by atoms with Gasteiger partial charge in [0, 0.05) is 6.04 Å². The normalized spacial score (nSPS) is 12.3. The Labute approximate surface area is 114 Å². The van der Waals surface area contributed by atoms with Gasteiger partial charge in [0.05, 0.1) is 24.6 Å². The molecule has 0 aliphatic rings. The number of methoxy groups -OCH3 is 1. The van der Waals surface area contributed by atoms with Crippen molar-refractivity contribution >= 4 is 17.5 Å². The first kappa shape index (κ1) is 15.3. The number of aromatic nitrogens is 1. The smallest absolute Gasteiger partial charge is 0.340 e. The molecule has 0 fully saturated rings. The third-order valence-corrected chi connectivity index (χ3v) is 3.47. The maximum Gasteiger partial charge on any atom is 0.340 e. The van der Waals surface area contributed by atoms with Crippen LogP contribution in [0.2, 0.25) is 0 Å². The molecule has 19 heavy (non-hydrogen) atoms. The second kappa shape index (κ2) is 6.97. The predicted octanol–water partition coefficient (Wildman–Crippen LogP) is 2.69. The van der Waals surface area contributed by atoms with Gasteiger partial charge < -0.3 is 15.8 Å². The van der Waals surface area contributed by atoms with E-state index < -0.39 is 5.97 Å². The zero-order chi connectivity index (χ0) is 14.4. The maximum absolute atomic E-state index is 11.6. The highest BCUT2D eigenvalue weighted by molar-refractivity contribution is 5.95. The largest absolute Gasteiger partial charge is 0.465 e. The van der Waals surface area contributed by atoms with Crippen molar-refractivity contribution in [2.24, 2.45) is 5.92 Å². The average molecular weight is 265 g/mol. The highest BCUT2D eigenvalue weighted by Crippen LogP contribution is 2.20. The number of ether oxygens (including phenoxy) is 1. The van der Waals surface area contributed by atoms with Gasteiger partial charge in [0.15, 0.2) is 0 Å². The summed E-state index contributed by atoms with van der Waals surface area (Å²) >= 11 is 0. The molecule has 0 aliphatic carbocycles. The van der Waals surface area contributed by atoms with Crippen LogP contribution in [-0.4, -0.2) is 24.1 Å². The van der Waals surface area contributed by atoms with Crippen molar-refractivity contribution in [2.45, 2.75) is 39.7 Å². The van der Waals surface area contributed by atoms with Crippen molar-refractivity contribution in [3.05, 3.63) is 17.8 Å². The average Bonchev–Trinajstić information content (AvgIpc) is 2.41. The fourth-order valence-electron chi connectivity index (χ4n) is 2.18. The lowest BCUT2D eigenvalue weighted by atomic mass is 9.95. The lowest BCUT2D eigenvalue weighted by Crippen LogP contribution is -2.25. The molecule has 0 spiro atoms. The summed E-state index contributed by atoms with van der Waals surface area (Å²) < 4.78 is 4.69. The van der Waals surface area contributed by atoms with Crippen molar-refractivity contribution in [1.82, 2.24) is 4.98 Å². The van der Waals surface area contributed by atoms with Crippen LogP contribution in [0.4, 0.5) is 11.5 Å². The minimum absolute atomic E-state index is 0.289. The molecule has 0 radical (unpaired) electrons. The Morgan fingerprint density at radius 2 is 2.11 bits per heavy atom. The Hall–Kier alpha value is -1.78. The number of pyridine rings is 1. The van der Waals surface area contributed by atoms with Gasteiger partial charge in [0.1, 0.15) is 5.82 Å². The van der Waals surface area contributed by atoms with E-state index in [1.165, 1.54) is 13.3 Å². The van der Waals surface area contributed by atoms with Gasteiger partial charge in [-0.05, 0) is 18.9 Å². The summed E-state index contributed by atoms with van der Waals surface area (Å²) in [5, 5.41) is 3.32. The van der Waals surface area contributed by atoms with Gasteiger partial charge in [0.25, 0.3) is 0 Å². The van der Waals surface area contributed by atoms with E-state index in [-0.39, 0.29) is 6.04 Å². The van der Waals surface area contributed by atoms with E-state index in [9.17, 15) is 4.79 Å². The summed E-state index contributed by atoms with van der Waals surface area (Å²) in [6.07, 6.45) is 3.68. The van der Waals surface area contributed by atoms with Crippen LogP contribution < -0.4 is 11.1 Å². The zero-order valence-corrected chi connectivity index (χ0v) is 12.1. The van der Waals surface area contributed by atoms with Crippen LogP contribution in [0.5, 0.6) is 0 Å². The summed E-state index contributed by atoms with van der Waals surface area (Å²) in [4.78, 5) is 15.8. The molecule has 5 nitrogen and oxygen atoms in total. The molecule has 0 saturated heterocycles. The molecule has 0 amide bonds. The van der Waals surface area contributed by atoms with Crippen LogP contribution in [0.3, 0.4) is 0 Å². The molecule has 1 aromatic rings. The predicted molar refractivity (Wildman–Crippen MR) is 77.1 cm³/mol. The van der Waals surface area contributed by atoms with E-state index in [0.717, 1.165) is 12.8 Å². The number of nitrogens with two attached hydrogens (primary N) is 1. The third-order valence-electron chi connectivity index (χ3n) is 3.47. The third kappa shape index (κ3) is 3.84. The quantitative estimate of drug-likeness (QED) is 0.773. The number of nitrogens with one attached hydrogen (secondary N) is 1. The number of nitrogens with zero attached hydrogens (tertiary/aromatic N) is 1. The SMILES string of the molecule is CCC(CC)C(C)Nc1cc(C(=O)OC)c(N)cn1. The van der Waals surface area contributed by atoms with Crippen molar-refractivity contribution in [1.29, 1.82) is 0 Å². The monoisotopic (exact) mass is 265 g/mol. The van der Waals surface area contributed by atoms with Crippen LogP contribution >= 0.6 is 0 Å². The number of nitrogen functional groups attached to an aromatic ring is 1. The number of hydrogen-bond acceptors (Lipinski definition) is 5. The Kier molecular flexibility index (Phi) is 5.60. The molecule has 1 unspecified atom stereocenters. The van der Waals surface area contributed by atoms with Gasteiger partial charge in [-0.15, -0.1) is 0 Å². The molecular formula is C14H23N3O2. The first-order valence-electron chi connectivity index (χ1n) is 6.63. The summed E-state index contributed by atoms with van der Waals surface area (Å²) in [5.74, 6) is 0.771. The summed E-state index contributed by atoms with van der Waals surface area (Å²) in [6.45, 7) is 6.46. The Morgan fingerprint density at radius 3 is 2.63 bits per heavy atom. The van der Waals surface area contributed by atoms with Crippen molar-refractivity contribution < 1.29 is 9.53 Å². The number of hydrogen-bond donors (Lipinski definition) is 2. The van der Waals surface area contributed by atoms with Crippen LogP contribution in [0, 0.1) is 5.92 Å². The van der Waals surface area contributed by atoms with Crippen LogP contribution in [0.15, 0.2) is 12.3 Å². The molecule has 3 N–H and O–H groups in total. The fraction of sp³-hybridized carbons (Fsp3) is 0.571. The van der Waals surface area contributed by atoms with E-state index in [1.54, 1.807) is 6.07 Å². The van der Waals surface area contributed by atoms with Gasteiger partial charge in [-0.1, -0.05) is 26.7 Å². The van der Waals surface area contributed by atoms with Crippen molar-refractivity contribution in [2.75, 3.05) is 18.2 Å². The molecule has 0 aliphatic heterocycles. The summed E-state index contributed by atoms with van der Waals surface area (Å²) in [7, 11) is 1.34. The lowest BCUT2D eigenvalue weighted by molar-refractivity contribution is 0.0602. The molecule has 0 saturated carbocycles. The van der Waals surface area contributed by atoms with Crippen molar-refractivity contribution in [3.63, 3.8) is 0 Å². The molecule has 0 aromatic carbocycles. The first-order valence-corrected chi connectivity index (χ1v) is 6.63. The molecule has 1 atom stereocenters. The maximum atomic E-state index is 11.6. The number of rotatable bonds is 6. The lowest BCUT2D eigenvalue weighted by Gasteiger charge is -2.23. The van der Waals surface area contributed by atoms with Crippen LogP contribution in [-0.2, 0) is 4.74 Å². The Balaban J connectivity index is 2.88. The Morgan fingerprint density at radius 1 is 1.47 bits per heavy atom. The van der Waals surface area contributed by atoms with Gasteiger partial charge in [-0.25, -0.2) is 9.78 Å². The number of anilines is 2. The molecule has 5 heteroatoms. The second-order valence-corrected chi connectivity index (χ2v) is 4.66. The molecular weight excluding hydrogens is 242 g/mol. The minimum Gasteiger partial charge on any atom is -0.465 e. The summed E-state index contributed by atoms with van der Waals surface area (Å²) in [5.41, 5.74) is 6.39. The van der Waals surface area contributed by atoms with Crippen LogP contribution in [0.25, 0.3) is 0 Å². The van der Waals surface area contributed by atoms with E-state index in [2.05, 4.69) is 31.1 Å². The topological polar surface area (TPSA) is 77.2 Å². The molecule has 0 bridgehead atoms. The van der Waals surface area contributed by atoms with Gasteiger partial charge >= 0.3 is 5.97 Å². The van der Waals surface area contributed by atoms with E-state index in [1.807, 2.05) is 0 Å². The number of carbonyl (C=O) groups excluding carboxylic acids is 1. The van der Waals surface area contributed by atoms with E-state index >= 15 is 0 Å². The minimum atomic E-state index is -0.446. The van der Waals surface area contributed by atoms with Crippen molar-refractivity contribution in [3.8, 4) is 0 Å². The molecule has 1 aromatic heterocycles. The van der Waals surface area contributed by atoms with Gasteiger partial charge in [0.2, 0.25) is 0 Å². The standard InChI is InChI=1S/C14H23N3O2/c1-5-10(6-2)9(3)17-13-7-11(14(18)19-4)12(15)8-16-13/h7-10H,5-6,15H2,1-4H3,(H,16,17). The molecule has 1 heterocycles. The number of esters is 1. The molecule has 106 valence electrons. The van der Waals surface area contributed by atoms with Gasteiger partial charge in [-0.2, -0.15) is 0 Å². The fourth-order valence-corrected chi connectivity index (χ4v) is 2.18. The van der Waals surface area contributed by atoms with Gasteiger partial charge in [-0.3, -0.25) is 0 Å². The molecule has 1 rings (SSSR count). The first-order chi connectivity index (χ1) is 9.03. The van der Waals surface area contributed by atoms with Crippen LogP contribution in [0.1, 0.15) is 44.0 Å². The highest BCUT2D eigenvalue weighted by Gasteiger charge is 2.16. The zero-order valence-electron chi connectivity index (χ0n) is 12.1. The highest BCUT2D eigenvalue weighted by atomic mass is 16.5. The second-order valence-electron chi connectivity index (χ2n) is 4.66. The Bertz CT molecular complexity index is 431.